The molecule has 6 heteroatoms. The van der Waals surface area contributed by atoms with E-state index in [1.54, 1.807) is 30.4 Å². The summed E-state index contributed by atoms with van der Waals surface area (Å²) in [6, 6.07) is 19.7. The van der Waals surface area contributed by atoms with Gasteiger partial charge in [0.2, 0.25) is 0 Å². The number of thioether (sulfide) groups is 1. The largest absolute Gasteiger partial charge is 0.497 e. The van der Waals surface area contributed by atoms with E-state index in [1.165, 1.54) is 11.8 Å². The van der Waals surface area contributed by atoms with Crippen LogP contribution in [0.5, 0.6) is 5.75 Å². The number of nitrogens with zero attached hydrogens (tertiary/aromatic N) is 2. The van der Waals surface area contributed by atoms with Crippen LogP contribution in [0.4, 0.5) is 5.69 Å². The smallest absolute Gasteiger partial charge is 0.266 e. The van der Waals surface area contributed by atoms with E-state index >= 15 is 0 Å². The molecule has 2 aromatic carbocycles. The Labute approximate surface area is 172 Å². The SMILES string of the molecule is COc1ccc(-c2csc(/C=C3\SC(=Nc4ccccc4)N(C)C3=O)c2)cc1. The summed E-state index contributed by atoms with van der Waals surface area (Å²) in [7, 11) is 3.42. The number of hydrogen-bond donors (Lipinski definition) is 0. The number of amidine groups is 1. The number of likely N-dealkylation sites (N-methyl/N-ethyl adjacent to an activating group) is 1. The fourth-order valence-corrected chi connectivity index (χ4v) is 4.66. The molecule has 28 heavy (non-hydrogen) atoms. The molecule has 1 amide bonds. The normalized spacial score (nSPS) is 16.9. The zero-order valence-electron chi connectivity index (χ0n) is 15.5. The van der Waals surface area contributed by atoms with Crippen molar-refractivity contribution in [1.29, 1.82) is 0 Å². The number of ether oxygens (including phenoxy) is 1. The molecule has 3 aromatic rings. The first kappa shape index (κ1) is 18.5. The van der Waals surface area contributed by atoms with Gasteiger partial charge in [-0.2, -0.15) is 0 Å². The molecule has 0 bridgehead atoms. The van der Waals surface area contributed by atoms with E-state index in [-0.39, 0.29) is 5.91 Å². The highest BCUT2D eigenvalue weighted by Gasteiger charge is 2.30. The molecule has 1 aliphatic heterocycles. The first-order valence-corrected chi connectivity index (χ1v) is 10.4. The van der Waals surface area contributed by atoms with Gasteiger partial charge in [0, 0.05) is 11.9 Å². The van der Waals surface area contributed by atoms with Gasteiger partial charge in [0.25, 0.3) is 5.91 Å². The molecule has 0 radical (unpaired) electrons. The summed E-state index contributed by atoms with van der Waals surface area (Å²) in [4.78, 5) is 20.5. The lowest BCUT2D eigenvalue weighted by Crippen LogP contribution is -2.23. The maximum atomic E-state index is 12.6. The van der Waals surface area contributed by atoms with Crippen LogP contribution in [0, 0.1) is 0 Å². The van der Waals surface area contributed by atoms with E-state index in [0.29, 0.717) is 10.1 Å². The third-order valence-electron chi connectivity index (χ3n) is 4.30. The summed E-state index contributed by atoms with van der Waals surface area (Å²) >= 11 is 3.02. The minimum atomic E-state index is -0.0286. The summed E-state index contributed by atoms with van der Waals surface area (Å²) in [5.74, 6) is 0.807. The van der Waals surface area contributed by atoms with Crippen molar-refractivity contribution in [2.75, 3.05) is 14.2 Å². The average molecular weight is 407 g/mol. The molecule has 0 aliphatic carbocycles. The number of methoxy groups -OCH3 is 1. The van der Waals surface area contributed by atoms with E-state index in [4.69, 9.17) is 4.74 Å². The van der Waals surface area contributed by atoms with Gasteiger partial charge in [0.05, 0.1) is 17.7 Å². The molecule has 4 rings (SSSR count). The van der Waals surface area contributed by atoms with Gasteiger partial charge in [-0.1, -0.05) is 30.3 Å². The number of aliphatic imine (C=N–C) groups is 1. The molecule has 4 nitrogen and oxygen atoms in total. The second-order valence-corrected chi connectivity index (χ2v) is 8.12. The monoisotopic (exact) mass is 406 g/mol. The minimum absolute atomic E-state index is 0.0286. The van der Waals surface area contributed by atoms with Crippen LogP contribution in [0.25, 0.3) is 17.2 Å². The molecule has 1 aromatic heterocycles. The van der Waals surface area contributed by atoms with Crippen molar-refractivity contribution in [2.45, 2.75) is 0 Å². The molecule has 0 atom stereocenters. The highest BCUT2D eigenvalue weighted by molar-refractivity contribution is 8.18. The van der Waals surface area contributed by atoms with Gasteiger partial charge in [-0.3, -0.25) is 9.69 Å². The zero-order chi connectivity index (χ0) is 19.5. The highest BCUT2D eigenvalue weighted by Crippen LogP contribution is 2.35. The maximum absolute atomic E-state index is 12.6. The predicted octanol–water partition coefficient (Wildman–Crippen LogP) is 5.66. The summed E-state index contributed by atoms with van der Waals surface area (Å²) in [5, 5.41) is 2.79. The van der Waals surface area contributed by atoms with Gasteiger partial charge in [-0.25, -0.2) is 4.99 Å². The van der Waals surface area contributed by atoms with Gasteiger partial charge in [0.15, 0.2) is 5.17 Å². The van der Waals surface area contributed by atoms with E-state index in [9.17, 15) is 4.79 Å². The first-order chi connectivity index (χ1) is 13.6. The summed E-state index contributed by atoms with van der Waals surface area (Å²) in [6.45, 7) is 0. The van der Waals surface area contributed by atoms with Gasteiger partial charge in [-0.15, -0.1) is 11.3 Å². The molecule has 2 heterocycles. The molecular formula is C22H18N2O2S2. The fraction of sp³-hybridized carbons (Fsp3) is 0.0909. The number of carbonyl (C=O) groups is 1. The minimum Gasteiger partial charge on any atom is -0.497 e. The van der Waals surface area contributed by atoms with Crippen LogP contribution in [-0.2, 0) is 4.79 Å². The second kappa shape index (κ2) is 8.04. The third kappa shape index (κ3) is 3.88. The second-order valence-electron chi connectivity index (χ2n) is 6.17. The molecule has 1 aliphatic rings. The van der Waals surface area contributed by atoms with Gasteiger partial charge >= 0.3 is 0 Å². The van der Waals surface area contributed by atoms with Crippen molar-refractivity contribution in [3.05, 3.63) is 75.8 Å². The number of carbonyl (C=O) groups excluding carboxylic acids is 1. The Hall–Kier alpha value is -2.83. The van der Waals surface area contributed by atoms with Crippen molar-refractivity contribution in [2.24, 2.45) is 4.99 Å². The Kier molecular flexibility index (Phi) is 5.32. The quantitative estimate of drug-likeness (QED) is 0.525. The summed E-state index contributed by atoms with van der Waals surface area (Å²) in [6.07, 6.45) is 1.94. The number of para-hydroxylation sites is 1. The number of rotatable bonds is 4. The Balaban J connectivity index is 1.56. The molecule has 0 unspecified atom stereocenters. The van der Waals surface area contributed by atoms with Crippen LogP contribution in [0.2, 0.25) is 0 Å². The van der Waals surface area contributed by atoms with E-state index in [0.717, 1.165) is 27.4 Å². The lowest BCUT2D eigenvalue weighted by atomic mass is 10.1. The molecule has 1 fully saturated rings. The van der Waals surface area contributed by atoms with Crippen LogP contribution >= 0.6 is 23.1 Å². The fourth-order valence-electron chi connectivity index (χ4n) is 2.76. The molecule has 140 valence electrons. The molecular weight excluding hydrogens is 388 g/mol. The molecule has 0 N–H and O–H groups in total. The molecule has 0 saturated carbocycles. The average Bonchev–Trinajstić information content (AvgIpc) is 3.30. The number of hydrogen-bond acceptors (Lipinski definition) is 5. The highest BCUT2D eigenvalue weighted by atomic mass is 32.2. The number of amides is 1. The third-order valence-corrected chi connectivity index (χ3v) is 6.24. The van der Waals surface area contributed by atoms with E-state index < -0.39 is 0 Å². The van der Waals surface area contributed by atoms with Crippen LogP contribution in [0.3, 0.4) is 0 Å². The van der Waals surface area contributed by atoms with E-state index in [1.807, 2.05) is 60.7 Å². The summed E-state index contributed by atoms with van der Waals surface area (Å²) in [5.41, 5.74) is 3.08. The van der Waals surface area contributed by atoms with E-state index in [2.05, 4.69) is 16.4 Å². The van der Waals surface area contributed by atoms with Crippen molar-refractivity contribution in [1.82, 2.24) is 4.90 Å². The Morgan fingerprint density at radius 2 is 1.79 bits per heavy atom. The lowest BCUT2D eigenvalue weighted by molar-refractivity contribution is -0.121. The maximum Gasteiger partial charge on any atom is 0.266 e. The Morgan fingerprint density at radius 3 is 2.50 bits per heavy atom. The molecule has 0 spiro atoms. The van der Waals surface area contributed by atoms with Gasteiger partial charge < -0.3 is 4.74 Å². The number of thiophene rings is 1. The van der Waals surface area contributed by atoms with Crippen molar-refractivity contribution < 1.29 is 9.53 Å². The lowest BCUT2D eigenvalue weighted by Gasteiger charge is -2.06. The Bertz CT molecular complexity index is 1050. The Morgan fingerprint density at radius 1 is 1.04 bits per heavy atom. The van der Waals surface area contributed by atoms with Crippen molar-refractivity contribution in [3.8, 4) is 16.9 Å². The standard InChI is InChI=1S/C22H18N2O2S2/c1-24-21(25)20(28-22(24)23-17-6-4-3-5-7-17)13-19-12-16(14-27-19)15-8-10-18(26-2)11-9-15/h3-14H,1-2H3/b20-13-,23-22?. The zero-order valence-corrected chi connectivity index (χ0v) is 17.1. The van der Waals surface area contributed by atoms with Crippen LogP contribution in [0.1, 0.15) is 4.88 Å². The van der Waals surface area contributed by atoms with Crippen molar-refractivity contribution >= 4 is 45.9 Å². The van der Waals surface area contributed by atoms with Crippen LogP contribution < -0.4 is 4.74 Å². The summed E-state index contributed by atoms with van der Waals surface area (Å²) < 4.78 is 5.21. The topological polar surface area (TPSA) is 41.9 Å². The van der Waals surface area contributed by atoms with Crippen molar-refractivity contribution in [3.63, 3.8) is 0 Å². The number of benzene rings is 2. The first-order valence-electron chi connectivity index (χ1n) is 8.68. The molecule has 1 saturated heterocycles. The van der Waals surface area contributed by atoms with Crippen LogP contribution in [-0.4, -0.2) is 30.1 Å². The van der Waals surface area contributed by atoms with Crippen LogP contribution in [0.15, 0.2) is 75.9 Å². The van der Waals surface area contributed by atoms with Gasteiger partial charge in [0.1, 0.15) is 5.75 Å². The predicted molar refractivity (Wildman–Crippen MR) is 118 cm³/mol. The van der Waals surface area contributed by atoms with Gasteiger partial charge in [-0.05, 0) is 64.7 Å².